The van der Waals surface area contributed by atoms with E-state index in [1.54, 1.807) is 0 Å². The maximum Gasteiger partial charge on any atom is 0.309 e. The number of carbonyl (C=O) groups is 2. The minimum Gasteiger partial charge on any atom is -0.503 e. The molecule has 6 nitrogen and oxygen atoms in total. The molecule has 0 fully saturated rings. The van der Waals surface area contributed by atoms with E-state index in [1.165, 1.54) is 23.3 Å². The molecule has 0 aromatic rings. The molecule has 0 saturated heterocycles. The SMILES string of the molecule is CC(C)(C)C1=CC(C=C(O)C(=O)N(N)C(=O)C(O)=CC2C=C(C(C)(C)C)C=C(C(C)(C)C)C2)CC(C(C)(C)C)=C1. The maximum atomic E-state index is 12.9. The van der Waals surface area contributed by atoms with Crippen LogP contribution < -0.4 is 5.84 Å². The molecule has 222 valence electrons. The monoisotopic (exact) mass is 552 g/mol. The second-order valence-electron chi connectivity index (χ2n) is 15.4. The maximum absolute atomic E-state index is 12.9. The Labute approximate surface area is 242 Å². The van der Waals surface area contributed by atoms with E-state index in [0.29, 0.717) is 12.8 Å². The summed E-state index contributed by atoms with van der Waals surface area (Å²) >= 11 is 0. The van der Waals surface area contributed by atoms with Crippen LogP contribution in [0.2, 0.25) is 0 Å². The smallest absolute Gasteiger partial charge is 0.309 e. The van der Waals surface area contributed by atoms with E-state index < -0.39 is 23.3 Å². The van der Waals surface area contributed by atoms with Gasteiger partial charge in [0.05, 0.1) is 0 Å². The molecular formula is C34H52N2O4. The molecule has 0 heterocycles. The lowest BCUT2D eigenvalue weighted by atomic mass is 9.72. The van der Waals surface area contributed by atoms with Gasteiger partial charge in [0.25, 0.3) is 0 Å². The number of allylic oxidation sites excluding steroid dienone is 10. The number of nitrogens with zero attached hydrogens (tertiary/aromatic N) is 1. The Morgan fingerprint density at radius 1 is 0.675 bits per heavy atom. The zero-order chi connectivity index (χ0) is 31.0. The average Bonchev–Trinajstić information content (AvgIpc) is 2.79. The third kappa shape index (κ3) is 8.57. The number of aliphatic hydroxyl groups excluding tert-OH is 2. The highest BCUT2D eigenvalue weighted by Crippen LogP contribution is 2.42. The largest absolute Gasteiger partial charge is 0.503 e. The van der Waals surface area contributed by atoms with Gasteiger partial charge in [0, 0.05) is 11.8 Å². The summed E-state index contributed by atoms with van der Waals surface area (Å²) in [6, 6.07) is 0. The van der Waals surface area contributed by atoms with Crippen LogP contribution in [0, 0.1) is 33.5 Å². The standard InChI is InChI=1S/C34H52N2O4/c1-31(2,3)23-13-21(14-24(19-23)32(4,5)6)17-27(37)29(39)36(35)30(40)28(38)18-22-15-25(33(7,8)9)20-26(16-22)34(10,11)12/h13,15,17-22,37-38H,14,16,35H2,1-12H3. The fourth-order valence-electron chi connectivity index (χ4n) is 4.76. The summed E-state index contributed by atoms with van der Waals surface area (Å²) in [6.07, 6.45) is 12.7. The number of hydrogen-bond donors (Lipinski definition) is 3. The minimum absolute atomic E-state index is 0.0780. The summed E-state index contributed by atoms with van der Waals surface area (Å²) in [6.45, 7) is 25.5. The molecule has 2 atom stereocenters. The second-order valence-corrected chi connectivity index (χ2v) is 15.4. The lowest BCUT2D eigenvalue weighted by Gasteiger charge is -2.33. The third-order valence-corrected chi connectivity index (χ3v) is 7.64. The Morgan fingerprint density at radius 2 is 0.975 bits per heavy atom. The van der Waals surface area contributed by atoms with Gasteiger partial charge in [-0.25, -0.2) is 10.9 Å². The van der Waals surface area contributed by atoms with Crippen LogP contribution in [0.3, 0.4) is 0 Å². The third-order valence-electron chi connectivity index (χ3n) is 7.64. The molecular weight excluding hydrogens is 500 g/mol. The van der Waals surface area contributed by atoms with Crippen molar-refractivity contribution in [2.24, 2.45) is 39.3 Å². The van der Waals surface area contributed by atoms with Crippen molar-refractivity contribution in [1.29, 1.82) is 0 Å². The van der Waals surface area contributed by atoms with Gasteiger partial charge in [-0.05, 0) is 57.8 Å². The van der Waals surface area contributed by atoms with E-state index in [2.05, 4.69) is 95.2 Å². The van der Waals surface area contributed by atoms with Gasteiger partial charge in [0.15, 0.2) is 11.5 Å². The fourth-order valence-corrected chi connectivity index (χ4v) is 4.76. The van der Waals surface area contributed by atoms with Gasteiger partial charge in [-0.15, -0.1) is 0 Å². The molecule has 0 bridgehead atoms. The van der Waals surface area contributed by atoms with Gasteiger partial charge in [-0.1, -0.05) is 119 Å². The average molecular weight is 553 g/mol. The van der Waals surface area contributed by atoms with Crippen molar-refractivity contribution in [1.82, 2.24) is 5.01 Å². The highest BCUT2D eigenvalue weighted by Gasteiger charge is 2.31. The van der Waals surface area contributed by atoms with Crippen LogP contribution >= 0.6 is 0 Å². The Kier molecular flexibility index (Phi) is 9.63. The Bertz CT molecular complexity index is 1100. The van der Waals surface area contributed by atoms with Crippen molar-refractivity contribution in [3.8, 4) is 0 Å². The number of carbonyl (C=O) groups excluding carboxylic acids is 2. The van der Waals surface area contributed by atoms with Crippen molar-refractivity contribution < 1.29 is 19.8 Å². The number of rotatable bonds is 4. The first-order valence-electron chi connectivity index (χ1n) is 14.2. The van der Waals surface area contributed by atoms with E-state index in [-0.39, 0.29) is 38.5 Å². The number of hydrogen-bond acceptors (Lipinski definition) is 5. The first kappa shape index (κ1) is 33.3. The van der Waals surface area contributed by atoms with Crippen LogP contribution in [0.15, 0.2) is 70.3 Å². The second kappa shape index (κ2) is 11.6. The number of hydrazine groups is 1. The van der Waals surface area contributed by atoms with Crippen LogP contribution in [0.1, 0.15) is 95.9 Å². The summed E-state index contributed by atoms with van der Waals surface area (Å²) in [7, 11) is 0. The van der Waals surface area contributed by atoms with Crippen LogP contribution in [-0.4, -0.2) is 27.0 Å². The molecule has 0 radical (unpaired) electrons. The van der Waals surface area contributed by atoms with E-state index in [0.717, 1.165) is 11.1 Å². The molecule has 2 aliphatic rings. The van der Waals surface area contributed by atoms with Gasteiger partial charge in [-0.3, -0.25) is 9.59 Å². The first-order chi connectivity index (χ1) is 17.9. The molecule has 2 rings (SSSR count). The number of imide groups is 1. The summed E-state index contributed by atoms with van der Waals surface area (Å²) in [5, 5.41) is 21.7. The molecule has 2 aliphatic carbocycles. The van der Waals surface area contributed by atoms with Crippen LogP contribution in [0.25, 0.3) is 0 Å². The van der Waals surface area contributed by atoms with Crippen molar-refractivity contribution in [2.45, 2.75) is 95.9 Å². The van der Waals surface area contributed by atoms with E-state index >= 15 is 0 Å². The minimum atomic E-state index is -1.06. The lowest BCUT2D eigenvalue weighted by Crippen LogP contribution is -2.44. The molecule has 40 heavy (non-hydrogen) atoms. The number of nitrogens with two attached hydrogens (primary N) is 1. The summed E-state index contributed by atoms with van der Waals surface area (Å²) in [5.74, 6) is 1.98. The van der Waals surface area contributed by atoms with Crippen molar-refractivity contribution in [3.05, 3.63) is 70.3 Å². The Hall–Kier alpha value is -2.86. The molecule has 0 aromatic carbocycles. The predicted octanol–water partition coefficient (Wildman–Crippen LogP) is 8.03. The van der Waals surface area contributed by atoms with Crippen LogP contribution in [0.4, 0.5) is 0 Å². The van der Waals surface area contributed by atoms with Crippen molar-refractivity contribution in [3.63, 3.8) is 0 Å². The highest BCUT2D eigenvalue weighted by molar-refractivity contribution is 6.07. The Morgan fingerprint density at radius 3 is 1.23 bits per heavy atom. The number of amides is 2. The molecule has 0 aromatic heterocycles. The van der Waals surface area contributed by atoms with E-state index in [9.17, 15) is 19.8 Å². The molecule has 0 saturated carbocycles. The van der Waals surface area contributed by atoms with Gasteiger partial charge in [-0.2, -0.15) is 0 Å². The molecule has 2 unspecified atom stereocenters. The summed E-state index contributed by atoms with van der Waals surface area (Å²) in [4.78, 5) is 25.9. The quantitative estimate of drug-likeness (QED) is 0.108. The van der Waals surface area contributed by atoms with Crippen LogP contribution in [0.5, 0.6) is 0 Å². The Balaban J connectivity index is 2.29. The highest BCUT2D eigenvalue weighted by atomic mass is 16.3. The van der Waals surface area contributed by atoms with Crippen LogP contribution in [-0.2, 0) is 9.59 Å². The summed E-state index contributed by atoms with van der Waals surface area (Å²) in [5.41, 5.74) is 4.27. The van der Waals surface area contributed by atoms with Gasteiger partial charge >= 0.3 is 11.8 Å². The van der Waals surface area contributed by atoms with Gasteiger partial charge in [0.2, 0.25) is 0 Å². The van der Waals surface area contributed by atoms with E-state index in [4.69, 9.17) is 5.84 Å². The fraction of sp³-hybridized carbons (Fsp3) is 0.588. The van der Waals surface area contributed by atoms with Crippen molar-refractivity contribution in [2.75, 3.05) is 0 Å². The zero-order valence-electron chi connectivity index (χ0n) is 26.8. The molecule has 4 N–H and O–H groups in total. The van der Waals surface area contributed by atoms with E-state index in [1.807, 2.05) is 12.2 Å². The zero-order valence-corrected chi connectivity index (χ0v) is 26.8. The molecule has 0 aliphatic heterocycles. The van der Waals surface area contributed by atoms with Gasteiger partial charge < -0.3 is 10.2 Å². The lowest BCUT2D eigenvalue weighted by molar-refractivity contribution is -0.143. The predicted molar refractivity (Wildman–Crippen MR) is 164 cm³/mol. The topological polar surface area (TPSA) is 104 Å². The summed E-state index contributed by atoms with van der Waals surface area (Å²) < 4.78 is 0. The molecule has 2 amide bonds. The molecule has 0 spiro atoms. The van der Waals surface area contributed by atoms with Gasteiger partial charge in [0.1, 0.15) is 0 Å². The van der Waals surface area contributed by atoms with Crippen molar-refractivity contribution >= 4 is 11.8 Å². The molecule has 6 heteroatoms. The normalized spacial score (nSPS) is 21.7. The first-order valence-corrected chi connectivity index (χ1v) is 14.2. The number of aliphatic hydroxyl groups is 2.